The van der Waals surface area contributed by atoms with E-state index in [1.807, 2.05) is 96.7 Å². The molecule has 8 aliphatic carbocycles. The molecule has 1 atom stereocenters. The van der Waals surface area contributed by atoms with Crippen LogP contribution in [0.1, 0.15) is 71.6 Å². The van der Waals surface area contributed by atoms with Crippen molar-refractivity contribution in [2.24, 2.45) is 0 Å². The maximum absolute atomic E-state index is 12.4. The molecule has 12 nitrogen and oxygen atoms in total. The first-order valence-electron chi connectivity index (χ1n) is 22.7. The molecule has 0 radical (unpaired) electrons. The lowest BCUT2D eigenvalue weighted by atomic mass is 9.79. The standard InChI is InChI=1S/C59H43N3O9/c1-35-34-62(61-60-35)59(24-25-70-52-29-46(36(2)63)27-47(30-52)56(64)65)50-19-14-38(15-20-50)37-6-8-40(9-7-37)45-18-23-54(55(33-45)71-53-31-48(57(66)67)28-49(32-53)58(68)69)42-12-10-39(11-13-42)43-4-3-5-44(26-43)41-16-21-51(59)22-17-41/h3-23,26-34H,24-25H2,1-2H3,(H,64,65)(H,66,67)(H,68,69). The Balaban J connectivity index is 1.10. The number of aromatic nitrogens is 3. The Morgan fingerprint density at radius 1 is 0.507 bits per heavy atom. The van der Waals surface area contributed by atoms with Crippen LogP contribution in [0.3, 0.4) is 0 Å². The number of aromatic carboxylic acids is 3. The number of rotatable bonds is 11. The van der Waals surface area contributed by atoms with Crippen molar-refractivity contribution in [2.75, 3.05) is 6.61 Å². The van der Waals surface area contributed by atoms with Crippen molar-refractivity contribution >= 4 is 23.7 Å². The Hall–Kier alpha value is -9.42. The summed E-state index contributed by atoms with van der Waals surface area (Å²) in [7, 11) is 0. The minimum absolute atomic E-state index is 0.0515. The highest BCUT2D eigenvalue weighted by molar-refractivity contribution is 5.98. The Morgan fingerprint density at radius 2 is 0.944 bits per heavy atom. The number of carbonyl (C=O) groups is 4. The third-order valence-corrected chi connectivity index (χ3v) is 12.9. The number of hydrogen-bond acceptors (Lipinski definition) is 8. The van der Waals surface area contributed by atoms with Crippen molar-refractivity contribution in [1.29, 1.82) is 0 Å². The van der Waals surface area contributed by atoms with Crippen LogP contribution in [0.15, 0.2) is 182 Å². The number of ketones is 1. The van der Waals surface area contributed by atoms with Crippen LogP contribution in [0.5, 0.6) is 17.2 Å². The summed E-state index contributed by atoms with van der Waals surface area (Å²) in [5.41, 5.74) is 10.3. The maximum Gasteiger partial charge on any atom is 0.335 e. The predicted octanol–water partition coefficient (Wildman–Crippen LogP) is 12.6. The van der Waals surface area contributed by atoms with Crippen LogP contribution >= 0.6 is 0 Å². The van der Waals surface area contributed by atoms with Gasteiger partial charge in [0.1, 0.15) is 22.8 Å². The van der Waals surface area contributed by atoms with Crippen molar-refractivity contribution in [3.05, 3.63) is 221 Å². The predicted molar refractivity (Wildman–Crippen MR) is 269 cm³/mol. The number of fused-ring (bicyclic) bond motifs is 1. The molecule has 3 N–H and O–H groups in total. The number of hydrogen-bond donors (Lipinski definition) is 3. The fraction of sp³-hybridized carbons (Fsp3) is 0.0847. The zero-order chi connectivity index (χ0) is 49.4. The normalized spacial score (nSPS) is 13.5. The van der Waals surface area contributed by atoms with Crippen LogP contribution in [0.4, 0.5) is 0 Å². The first-order valence-corrected chi connectivity index (χ1v) is 22.7. The molecule has 348 valence electrons. The second-order valence-electron chi connectivity index (χ2n) is 17.4. The molecule has 0 spiro atoms. The molecule has 9 aromatic rings. The molecular weight excluding hydrogens is 895 g/mol. The van der Waals surface area contributed by atoms with E-state index in [2.05, 4.69) is 71.0 Å². The van der Waals surface area contributed by atoms with E-state index < -0.39 is 23.4 Å². The van der Waals surface area contributed by atoms with Crippen LogP contribution in [-0.4, -0.2) is 60.6 Å². The van der Waals surface area contributed by atoms with Gasteiger partial charge >= 0.3 is 17.9 Å². The summed E-state index contributed by atoms with van der Waals surface area (Å²) in [5, 5.41) is 38.6. The zero-order valence-electron chi connectivity index (χ0n) is 38.4. The Morgan fingerprint density at radius 3 is 1.44 bits per heavy atom. The molecule has 1 aromatic heterocycles. The molecule has 0 saturated heterocycles. The Bertz CT molecular complexity index is 3480. The fourth-order valence-corrected chi connectivity index (χ4v) is 9.20. The number of nitrogens with zero attached hydrogens (tertiary/aromatic N) is 3. The molecule has 12 heteroatoms. The number of ether oxygens (including phenoxy) is 2. The van der Waals surface area contributed by atoms with E-state index in [1.165, 1.54) is 31.2 Å². The number of carboxylic acids is 3. The van der Waals surface area contributed by atoms with Crippen LogP contribution in [-0.2, 0) is 5.54 Å². The van der Waals surface area contributed by atoms with Crippen molar-refractivity contribution in [2.45, 2.75) is 25.8 Å². The average Bonchev–Trinajstić information content (AvgIpc) is 3.83. The molecule has 12 bridgehead atoms. The molecule has 8 aromatic carbocycles. The molecule has 17 rings (SSSR count). The van der Waals surface area contributed by atoms with Crippen molar-refractivity contribution in [3.8, 4) is 72.9 Å². The smallest absolute Gasteiger partial charge is 0.335 e. The monoisotopic (exact) mass is 937 g/mol. The van der Waals surface area contributed by atoms with E-state index in [9.17, 15) is 34.5 Å². The van der Waals surface area contributed by atoms with Gasteiger partial charge in [0.05, 0.1) is 29.0 Å². The molecular formula is C59H43N3O9. The van der Waals surface area contributed by atoms with E-state index in [1.54, 1.807) is 6.07 Å². The van der Waals surface area contributed by atoms with Crippen molar-refractivity contribution in [3.63, 3.8) is 0 Å². The fourth-order valence-electron chi connectivity index (χ4n) is 9.20. The molecule has 8 aliphatic rings. The van der Waals surface area contributed by atoms with Crippen LogP contribution in [0.25, 0.3) is 55.6 Å². The van der Waals surface area contributed by atoms with Crippen LogP contribution < -0.4 is 9.47 Å². The van der Waals surface area contributed by atoms with Gasteiger partial charge in [-0.05, 0) is 124 Å². The number of benzene rings is 8. The van der Waals surface area contributed by atoms with Crippen molar-refractivity contribution < 1.29 is 44.0 Å². The quantitative estimate of drug-likeness (QED) is 0.105. The highest BCUT2D eigenvalue weighted by Crippen LogP contribution is 2.42. The molecule has 1 heterocycles. The van der Waals surface area contributed by atoms with Crippen molar-refractivity contribution in [1.82, 2.24) is 15.0 Å². The minimum Gasteiger partial charge on any atom is -0.493 e. The highest BCUT2D eigenvalue weighted by Gasteiger charge is 2.38. The topological polar surface area (TPSA) is 178 Å². The van der Waals surface area contributed by atoms with E-state index >= 15 is 0 Å². The van der Waals surface area contributed by atoms with Gasteiger partial charge in [-0.3, -0.25) is 4.79 Å². The van der Waals surface area contributed by atoms with E-state index in [0.29, 0.717) is 17.9 Å². The first-order chi connectivity index (χ1) is 34.3. The average molecular weight is 938 g/mol. The summed E-state index contributed by atoms with van der Waals surface area (Å²) >= 11 is 0. The van der Waals surface area contributed by atoms with E-state index in [-0.39, 0.29) is 46.1 Å². The first kappa shape index (κ1) is 45.4. The minimum atomic E-state index is -1.28. The number of Topliss-reactive ketones (excluding diaryl/α,β-unsaturated/α-hetero) is 1. The van der Waals surface area contributed by atoms with Gasteiger partial charge in [-0.1, -0.05) is 133 Å². The Labute approximate surface area is 407 Å². The number of carbonyl (C=O) groups excluding carboxylic acids is 1. The lowest BCUT2D eigenvalue weighted by Gasteiger charge is -2.35. The third-order valence-electron chi connectivity index (χ3n) is 12.9. The SMILES string of the molecule is CC(=O)c1cc(OCCC2(n3cc(C)nn3)c3ccc(cc3)-c3ccc(cc3)-c3ccc(c(Oc4cc(C(=O)O)cc(C(=O)O)c4)c3)-c3ccc(cc3)-c3cccc(c3)-c3ccc2cc3)cc(C(=O)O)c1. The summed E-state index contributed by atoms with van der Waals surface area (Å²) in [6, 6.07) is 54.8. The van der Waals surface area contributed by atoms with Gasteiger partial charge in [0.15, 0.2) is 5.78 Å². The van der Waals surface area contributed by atoms with Gasteiger partial charge in [-0.15, -0.1) is 5.10 Å². The maximum atomic E-state index is 12.4. The zero-order valence-corrected chi connectivity index (χ0v) is 38.4. The summed E-state index contributed by atoms with van der Waals surface area (Å²) < 4.78 is 14.6. The summed E-state index contributed by atoms with van der Waals surface area (Å²) in [4.78, 5) is 48.6. The lowest BCUT2D eigenvalue weighted by Crippen LogP contribution is -2.38. The summed E-state index contributed by atoms with van der Waals surface area (Å²) in [6.45, 7) is 3.37. The highest BCUT2D eigenvalue weighted by atomic mass is 16.5. The van der Waals surface area contributed by atoms with Gasteiger partial charge in [0.2, 0.25) is 0 Å². The van der Waals surface area contributed by atoms with Crippen LogP contribution in [0, 0.1) is 6.92 Å². The van der Waals surface area contributed by atoms with Gasteiger partial charge < -0.3 is 24.8 Å². The third kappa shape index (κ3) is 9.05. The number of aryl methyl sites for hydroxylation is 1. The summed E-state index contributed by atoms with van der Waals surface area (Å²) in [5.74, 6) is -3.28. The van der Waals surface area contributed by atoms with Gasteiger partial charge in [0, 0.05) is 23.7 Å². The second kappa shape index (κ2) is 18.6. The molecule has 0 aliphatic heterocycles. The second-order valence-corrected chi connectivity index (χ2v) is 17.4. The molecule has 0 saturated carbocycles. The summed E-state index contributed by atoms with van der Waals surface area (Å²) in [6.07, 6.45) is 2.23. The molecule has 1 unspecified atom stereocenters. The largest absolute Gasteiger partial charge is 0.493 e. The van der Waals surface area contributed by atoms with Gasteiger partial charge in [-0.25, -0.2) is 19.1 Å². The Kier molecular flexibility index (Phi) is 11.9. The molecule has 0 amide bonds. The van der Waals surface area contributed by atoms with E-state index in [0.717, 1.165) is 72.8 Å². The van der Waals surface area contributed by atoms with Gasteiger partial charge in [-0.2, -0.15) is 0 Å². The number of carboxylic acid groups (broad SMARTS) is 3. The van der Waals surface area contributed by atoms with E-state index in [4.69, 9.17) is 9.47 Å². The molecule has 0 fully saturated rings. The van der Waals surface area contributed by atoms with Gasteiger partial charge in [0.25, 0.3) is 0 Å². The van der Waals surface area contributed by atoms with Crippen LogP contribution in [0.2, 0.25) is 0 Å². The molecule has 71 heavy (non-hydrogen) atoms. The lowest BCUT2D eigenvalue weighted by molar-refractivity contribution is 0.0681.